The first-order valence-electron chi connectivity index (χ1n) is 6.21. The van der Waals surface area contributed by atoms with Gasteiger partial charge in [0.05, 0.1) is 0 Å². The molecule has 1 unspecified atom stereocenters. The van der Waals surface area contributed by atoms with E-state index in [-0.39, 0.29) is 0 Å². The number of ether oxygens (including phenoxy) is 1. The standard InChI is InChI=1S/C14H17F2NO3S/c1-14(2,3)20-13(19)17-11(8-18)9-4-6-10(7-5-9)21-12(15)16/h4-8,11-12H,1-3H3,(H,17,19). The molecule has 7 heteroatoms. The SMILES string of the molecule is CC(C)(C)OC(=O)NC(C=O)c1ccc(SC(F)F)cc1. The van der Waals surface area contributed by atoms with Crippen LogP contribution < -0.4 is 5.32 Å². The number of hydrogen-bond acceptors (Lipinski definition) is 4. The van der Waals surface area contributed by atoms with Crippen molar-refractivity contribution in [3.8, 4) is 0 Å². The lowest BCUT2D eigenvalue weighted by Gasteiger charge is -2.21. The second kappa shape index (κ2) is 7.40. The Morgan fingerprint density at radius 3 is 2.29 bits per heavy atom. The van der Waals surface area contributed by atoms with Crippen molar-refractivity contribution in [1.82, 2.24) is 5.32 Å². The quantitative estimate of drug-likeness (QED) is 0.663. The predicted octanol–water partition coefficient (Wildman–Crippen LogP) is 3.77. The van der Waals surface area contributed by atoms with E-state index >= 15 is 0 Å². The van der Waals surface area contributed by atoms with E-state index in [1.807, 2.05) is 0 Å². The topological polar surface area (TPSA) is 55.4 Å². The van der Waals surface area contributed by atoms with Gasteiger partial charge in [-0.05, 0) is 38.5 Å². The van der Waals surface area contributed by atoms with Crippen LogP contribution in [0.3, 0.4) is 0 Å². The highest BCUT2D eigenvalue weighted by molar-refractivity contribution is 7.99. The van der Waals surface area contributed by atoms with Gasteiger partial charge in [0, 0.05) is 4.90 Å². The summed E-state index contributed by atoms with van der Waals surface area (Å²) in [4.78, 5) is 23.1. The summed E-state index contributed by atoms with van der Waals surface area (Å²) in [7, 11) is 0. The Labute approximate surface area is 126 Å². The van der Waals surface area contributed by atoms with Crippen LogP contribution in [0.15, 0.2) is 29.2 Å². The minimum Gasteiger partial charge on any atom is -0.444 e. The van der Waals surface area contributed by atoms with Crippen molar-refractivity contribution in [2.45, 2.75) is 43.1 Å². The van der Waals surface area contributed by atoms with Gasteiger partial charge in [-0.1, -0.05) is 23.9 Å². The van der Waals surface area contributed by atoms with Gasteiger partial charge >= 0.3 is 6.09 Å². The van der Waals surface area contributed by atoms with Gasteiger partial charge in [-0.25, -0.2) is 4.79 Å². The fraction of sp³-hybridized carbons (Fsp3) is 0.429. The first kappa shape index (κ1) is 17.4. The predicted molar refractivity (Wildman–Crippen MR) is 76.5 cm³/mol. The molecule has 0 radical (unpaired) electrons. The molecular formula is C14H17F2NO3S. The Bertz CT molecular complexity index is 486. The maximum Gasteiger partial charge on any atom is 0.408 e. The lowest BCUT2D eigenvalue weighted by molar-refractivity contribution is -0.109. The van der Waals surface area contributed by atoms with E-state index in [9.17, 15) is 18.4 Å². The summed E-state index contributed by atoms with van der Waals surface area (Å²) in [6.07, 6.45) is -0.162. The molecule has 1 N–H and O–H groups in total. The fourth-order valence-corrected chi connectivity index (χ4v) is 1.99. The van der Waals surface area contributed by atoms with Crippen LogP contribution in [-0.2, 0) is 9.53 Å². The maximum absolute atomic E-state index is 12.2. The molecule has 0 bridgehead atoms. The molecule has 1 aromatic rings. The maximum atomic E-state index is 12.2. The first-order chi connectivity index (χ1) is 9.71. The van der Waals surface area contributed by atoms with Gasteiger partial charge in [-0.15, -0.1) is 0 Å². The lowest BCUT2D eigenvalue weighted by atomic mass is 10.1. The van der Waals surface area contributed by atoms with Crippen molar-refractivity contribution in [2.75, 3.05) is 0 Å². The van der Waals surface area contributed by atoms with Crippen LogP contribution in [0, 0.1) is 0 Å². The molecule has 0 aliphatic rings. The monoisotopic (exact) mass is 317 g/mol. The molecule has 0 aromatic heterocycles. The third-order valence-electron chi connectivity index (χ3n) is 2.27. The Morgan fingerprint density at radius 1 is 1.29 bits per heavy atom. The molecule has 1 rings (SSSR count). The molecule has 0 saturated heterocycles. The summed E-state index contributed by atoms with van der Waals surface area (Å²) in [5, 5.41) is 2.42. The van der Waals surface area contributed by atoms with E-state index in [0.29, 0.717) is 28.5 Å². The largest absolute Gasteiger partial charge is 0.444 e. The molecule has 0 heterocycles. The Balaban J connectivity index is 2.72. The lowest BCUT2D eigenvalue weighted by Crippen LogP contribution is -2.35. The van der Waals surface area contributed by atoms with Crippen molar-refractivity contribution < 1.29 is 23.1 Å². The van der Waals surface area contributed by atoms with Gasteiger partial charge in [-0.3, -0.25) is 0 Å². The number of rotatable bonds is 5. The average molecular weight is 317 g/mol. The van der Waals surface area contributed by atoms with Crippen LogP contribution in [0.5, 0.6) is 0 Å². The average Bonchev–Trinajstić information content (AvgIpc) is 2.34. The van der Waals surface area contributed by atoms with Crippen molar-refractivity contribution in [1.29, 1.82) is 0 Å². The molecular weight excluding hydrogens is 300 g/mol. The number of amides is 1. The summed E-state index contributed by atoms with van der Waals surface area (Å²) in [5.74, 6) is -2.50. The molecule has 0 saturated carbocycles. The molecule has 21 heavy (non-hydrogen) atoms. The van der Waals surface area contributed by atoms with Gasteiger partial charge in [0.1, 0.15) is 17.9 Å². The smallest absolute Gasteiger partial charge is 0.408 e. The van der Waals surface area contributed by atoms with Crippen molar-refractivity contribution in [3.63, 3.8) is 0 Å². The number of halogens is 2. The second-order valence-electron chi connectivity index (χ2n) is 5.21. The van der Waals surface area contributed by atoms with E-state index in [4.69, 9.17) is 4.74 Å². The number of nitrogens with one attached hydrogen (secondary N) is 1. The highest BCUT2D eigenvalue weighted by Crippen LogP contribution is 2.26. The van der Waals surface area contributed by atoms with Crippen molar-refractivity contribution >= 4 is 24.1 Å². The van der Waals surface area contributed by atoms with Crippen molar-refractivity contribution in [3.05, 3.63) is 29.8 Å². The number of alkyl halides is 2. The Kier molecular flexibility index (Phi) is 6.14. The Hall–Kier alpha value is -1.63. The Morgan fingerprint density at radius 2 is 1.86 bits per heavy atom. The number of carbonyl (C=O) groups excluding carboxylic acids is 2. The number of benzene rings is 1. The summed E-state index contributed by atoms with van der Waals surface area (Å²) < 4.78 is 29.5. The van der Waals surface area contributed by atoms with E-state index in [2.05, 4.69) is 5.32 Å². The summed E-state index contributed by atoms with van der Waals surface area (Å²) >= 11 is 0.415. The molecule has 1 atom stereocenters. The van der Waals surface area contributed by atoms with Gasteiger partial charge in [0.15, 0.2) is 0 Å². The first-order valence-corrected chi connectivity index (χ1v) is 7.09. The van der Waals surface area contributed by atoms with Gasteiger partial charge in [0.25, 0.3) is 5.76 Å². The second-order valence-corrected chi connectivity index (χ2v) is 6.27. The zero-order valence-corrected chi connectivity index (χ0v) is 12.7. The highest BCUT2D eigenvalue weighted by atomic mass is 32.2. The normalized spacial score (nSPS) is 12.9. The van der Waals surface area contributed by atoms with Crippen LogP contribution in [-0.4, -0.2) is 23.7 Å². The molecule has 1 amide bonds. The van der Waals surface area contributed by atoms with Crippen LogP contribution in [0.2, 0.25) is 0 Å². The third kappa shape index (κ3) is 6.57. The van der Waals surface area contributed by atoms with Crippen molar-refractivity contribution in [2.24, 2.45) is 0 Å². The van der Waals surface area contributed by atoms with Gasteiger partial charge in [0.2, 0.25) is 0 Å². The van der Waals surface area contributed by atoms with Gasteiger partial charge in [-0.2, -0.15) is 8.78 Å². The van der Waals surface area contributed by atoms with Crippen LogP contribution in [0.1, 0.15) is 32.4 Å². The molecule has 1 aromatic carbocycles. The molecule has 0 aliphatic carbocycles. The number of alkyl carbamates (subject to hydrolysis) is 1. The molecule has 116 valence electrons. The van der Waals surface area contributed by atoms with E-state index in [1.165, 1.54) is 24.3 Å². The van der Waals surface area contributed by atoms with Crippen LogP contribution in [0.25, 0.3) is 0 Å². The molecule has 4 nitrogen and oxygen atoms in total. The fourth-order valence-electron chi connectivity index (χ4n) is 1.49. The molecule has 0 spiro atoms. The zero-order chi connectivity index (χ0) is 16.0. The van der Waals surface area contributed by atoms with E-state index < -0.39 is 23.5 Å². The third-order valence-corrected chi connectivity index (χ3v) is 3.00. The van der Waals surface area contributed by atoms with Gasteiger partial charge < -0.3 is 14.8 Å². The minimum absolute atomic E-state index is 0.385. The summed E-state index contributed by atoms with van der Waals surface area (Å²) in [6, 6.07) is 5.09. The number of carbonyl (C=O) groups is 2. The summed E-state index contributed by atoms with van der Waals surface area (Å²) in [6.45, 7) is 5.12. The number of hydrogen-bond donors (Lipinski definition) is 1. The highest BCUT2D eigenvalue weighted by Gasteiger charge is 2.20. The number of aldehydes is 1. The van der Waals surface area contributed by atoms with Crippen LogP contribution in [0.4, 0.5) is 13.6 Å². The molecule has 0 aliphatic heterocycles. The number of thioether (sulfide) groups is 1. The summed E-state index contributed by atoms with van der Waals surface area (Å²) in [5.41, 5.74) is -0.176. The zero-order valence-electron chi connectivity index (χ0n) is 11.9. The van der Waals surface area contributed by atoms with E-state index in [0.717, 1.165) is 0 Å². The van der Waals surface area contributed by atoms with Crippen LogP contribution >= 0.6 is 11.8 Å². The molecule has 0 fully saturated rings. The minimum atomic E-state index is -2.50. The van der Waals surface area contributed by atoms with E-state index in [1.54, 1.807) is 20.8 Å².